The Labute approximate surface area is 70.9 Å². The molecule has 0 aliphatic carbocycles. The first-order valence-corrected chi connectivity index (χ1v) is 3.55. The third-order valence-corrected chi connectivity index (χ3v) is 1.81. The number of hydrogen-bond donors (Lipinski definition) is 0. The maximum Gasteiger partial charge on any atom is 0.197 e. The largest absolute Gasteiger partial charge is 0.368 e. The van der Waals surface area contributed by atoms with E-state index in [1.807, 2.05) is 0 Å². The molecule has 1 aliphatic rings. The highest BCUT2D eigenvalue weighted by molar-refractivity contribution is 5.25. The maximum atomic E-state index is 12.9. The molecule has 5 heteroatoms. The Morgan fingerprint density at radius 3 is 2.23 bits per heavy atom. The van der Waals surface area contributed by atoms with Gasteiger partial charge in [0.2, 0.25) is 0 Å². The van der Waals surface area contributed by atoms with Gasteiger partial charge in [-0.15, -0.1) is 0 Å². The van der Waals surface area contributed by atoms with Crippen LogP contribution in [0.1, 0.15) is 11.7 Å². The number of epoxide rings is 1. The Kier molecular flexibility index (Phi) is 1.76. The van der Waals surface area contributed by atoms with E-state index in [0.29, 0.717) is 6.07 Å². The van der Waals surface area contributed by atoms with Gasteiger partial charge in [-0.25, -0.2) is 17.6 Å². The summed E-state index contributed by atoms with van der Waals surface area (Å²) in [6.07, 6.45) is -0.635. The van der Waals surface area contributed by atoms with E-state index < -0.39 is 29.4 Å². The maximum absolute atomic E-state index is 12.9. The molecule has 1 fully saturated rings. The minimum Gasteiger partial charge on any atom is -0.368 e. The van der Waals surface area contributed by atoms with Crippen molar-refractivity contribution in [1.82, 2.24) is 0 Å². The molecule has 1 atom stereocenters. The van der Waals surface area contributed by atoms with Crippen LogP contribution in [-0.2, 0) is 4.74 Å². The van der Waals surface area contributed by atoms with Crippen molar-refractivity contribution in [1.29, 1.82) is 0 Å². The second-order valence-electron chi connectivity index (χ2n) is 2.71. The molecule has 1 heterocycles. The fraction of sp³-hybridized carbons (Fsp3) is 0.250. The predicted molar refractivity (Wildman–Crippen MR) is 35.0 cm³/mol. The van der Waals surface area contributed by atoms with E-state index in [1.54, 1.807) is 0 Å². The molecule has 2 rings (SSSR count). The van der Waals surface area contributed by atoms with Crippen molar-refractivity contribution in [2.24, 2.45) is 0 Å². The molecule has 1 saturated heterocycles. The van der Waals surface area contributed by atoms with Crippen LogP contribution in [0.25, 0.3) is 0 Å². The van der Waals surface area contributed by atoms with E-state index in [0.717, 1.165) is 0 Å². The summed E-state index contributed by atoms with van der Waals surface area (Å²) in [6, 6.07) is 0.616. The molecule has 0 N–H and O–H groups in total. The quantitative estimate of drug-likeness (QED) is 0.288. The van der Waals surface area contributed by atoms with Gasteiger partial charge in [0.15, 0.2) is 23.3 Å². The summed E-state index contributed by atoms with van der Waals surface area (Å²) in [5.41, 5.74) is -0.267. The fourth-order valence-electron chi connectivity index (χ4n) is 1.05. The van der Waals surface area contributed by atoms with Crippen LogP contribution in [0.2, 0.25) is 0 Å². The minimum absolute atomic E-state index is 0.210. The van der Waals surface area contributed by atoms with Crippen LogP contribution in [0.3, 0.4) is 0 Å². The van der Waals surface area contributed by atoms with E-state index >= 15 is 0 Å². The lowest BCUT2D eigenvalue weighted by Crippen LogP contribution is -2.00. The van der Waals surface area contributed by atoms with Gasteiger partial charge in [0.1, 0.15) is 6.10 Å². The van der Waals surface area contributed by atoms with Gasteiger partial charge >= 0.3 is 0 Å². The highest BCUT2D eigenvalue weighted by atomic mass is 19.2. The summed E-state index contributed by atoms with van der Waals surface area (Å²) in [7, 11) is 0. The van der Waals surface area contributed by atoms with Crippen LogP contribution in [0.15, 0.2) is 6.07 Å². The van der Waals surface area contributed by atoms with Crippen molar-refractivity contribution in [3.8, 4) is 0 Å². The molecule has 0 spiro atoms. The molecule has 13 heavy (non-hydrogen) atoms. The average molecular weight is 192 g/mol. The number of hydrogen-bond acceptors (Lipinski definition) is 1. The highest BCUT2D eigenvalue weighted by Crippen LogP contribution is 2.33. The predicted octanol–water partition coefficient (Wildman–Crippen LogP) is 2.31. The Morgan fingerprint density at radius 1 is 1.08 bits per heavy atom. The fourth-order valence-corrected chi connectivity index (χ4v) is 1.05. The van der Waals surface area contributed by atoms with Crippen molar-refractivity contribution in [3.63, 3.8) is 0 Å². The van der Waals surface area contributed by atoms with Crippen molar-refractivity contribution >= 4 is 0 Å². The summed E-state index contributed by atoms with van der Waals surface area (Å²) in [6.45, 7) is 0.210. The zero-order valence-corrected chi connectivity index (χ0v) is 6.28. The highest BCUT2D eigenvalue weighted by Gasteiger charge is 2.31. The Bertz CT molecular complexity index is 360. The van der Waals surface area contributed by atoms with Crippen LogP contribution in [0, 0.1) is 23.3 Å². The Balaban J connectivity index is 2.58. The molecule has 0 amide bonds. The Hall–Kier alpha value is -1.10. The van der Waals surface area contributed by atoms with Crippen LogP contribution < -0.4 is 0 Å². The Morgan fingerprint density at radius 2 is 1.69 bits per heavy atom. The molecule has 70 valence electrons. The van der Waals surface area contributed by atoms with Gasteiger partial charge in [0.05, 0.1) is 6.61 Å². The molecule has 1 aromatic carbocycles. The van der Waals surface area contributed by atoms with Gasteiger partial charge in [-0.05, 0) is 6.07 Å². The summed E-state index contributed by atoms with van der Waals surface area (Å²) < 4.78 is 55.1. The second-order valence-corrected chi connectivity index (χ2v) is 2.71. The van der Waals surface area contributed by atoms with E-state index in [4.69, 9.17) is 0 Å². The number of ether oxygens (including phenoxy) is 1. The van der Waals surface area contributed by atoms with Gasteiger partial charge in [0, 0.05) is 5.56 Å². The molecule has 1 nitrogen and oxygen atoms in total. The average Bonchev–Trinajstić information content (AvgIpc) is 2.91. The molecule has 1 aliphatic heterocycles. The molecule has 0 bridgehead atoms. The first-order chi connectivity index (χ1) is 6.11. The number of benzene rings is 1. The summed E-state index contributed by atoms with van der Waals surface area (Å²) >= 11 is 0. The standard InChI is InChI=1S/C8H4F4O/c9-4-1-3(5-2-13-5)6(10)8(12)7(4)11/h1,5H,2H2/t5-/m1/s1. The van der Waals surface area contributed by atoms with E-state index in [1.165, 1.54) is 0 Å². The lowest BCUT2D eigenvalue weighted by atomic mass is 10.1. The van der Waals surface area contributed by atoms with Crippen LogP contribution in [0.5, 0.6) is 0 Å². The zero-order valence-electron chi connectivity index (χ0n) is 6.28. The number of halogens is 4. The van der Waals surface area contributed by atoms with Crippen molar-refractivity contribution in [2.75, 3.05) is 6.61 Å². The van der Waals surface area contributed by atoms with Crippen LogP contribution in [0.4, 0.5) is 17.6 Å². The summed E-state index contributed by atoms with van der Waals surface area (Å²) in [5, 5.41) is 0. The van der Waals surface area contributed by atoms with E-state index in [-0.39, 0.29) is 12.2 Å². The van der Waals surface area contributed by atoms with Crippen molar-refractivity contribution in [3.05, 3.63) is 34.9 Å². The first-order valence-electron chi connectivity index (χ1n) is 3.55. The molecular weight excluding hydrogens is 188 g/mol. The molecule has 0 aromatic heterocycles. The molecule has 0 saturated carbocycles. The molecule has 0 radical (unpaired) electrons. The molecule has 0 unspecified atom stereocenters. The smallest absolute Gasteiger partial charge is 0.197 e. The molecular formula is C8H4F4O. The van der Waals surface area contributed by atoms with Crippen LogP contribution in [-0.4, -0.2) is 6.61 Å². The zero-order chi connectivity index (χ0) is 9.59. The second kappa shape index (κ2) is 2.70. The van der Waals surface area contributed by atoms with Gasteiger partial charge in [0.25, 0.3) is 0 Å². The minimum atomic E-state index is -1.79. The number of rotatable bonds is 1. The monoisotopic (exact) mass is 192 g/mol. The normalized spacial score (nSPS) is 20.5. The van der Waals surface area contributed by atoms with E-state index in [2.05, 4.69) is 4.74 Å². The van der Waals surface area contributed by atoms with Crippen molar-refractivity contribution < 1.29 is 22.3 Å². The summed E-state index contributed by atoms with van der Waals surface area (Å²) in [5.74, 6) is -6.35. The SMILES string of the molecule is Fc1cc([C@H]2CO2)c(F)c(F)c1F. The van der Waals surface area contributed by atoms with Gasteiger partial charge in [-0.2, -0.15) is 0 Å². The third kappa shape index (κ3) is 1.29. The van der Waals surface area contributed by atoms with Gasteiger partial charge < -0.3 is 4.74 Å². The van der Waals surface area contributed by atoms with Gasteiger partial charge in [-0.1, -0.05) is 0 Å². The first kappa shape index (κ1) is 8.50. The lowest BCUT2D eigenvalue weighted by molar-refractivity contribution is 0.378. The van der Waals surface area contributed by atoms with Crippen molar-refractivity contribution in [2.45, 2.75) is 6.10 Å². The van der Waals surface area contributed by atoms with Gasteiger partial charge in [-0.3, -0.25) is 0 Å². The van der Waals surface area contributed by atoms with E-state index in [9.17, 15) is 17.6 Å². The summed E-state index contributed by atoms with van der Waals surface area (Å²) in [4.78, 5) is 0. The molecule has 1 aromatic rings. The third-order valence-electron chi connectivity index (χ3n) is 1.81. The lowest BCUT2D eigenvalue weighted by Gasteiger charge is -2.01. The topological polar surface area (TPSA) is 12.5 Å². The van der Waals surface area contributed by atoms with Crippen LogP contribution >= 0.6 is 0 Å².